The summed E-state index contributed by atoms with van der Waals surface area (Å²) in [6.45, 7) is 3.79. The molecule has 0 aromatic rings. The van der Waals surface area contributed by atoms with Crippen molar-refractivity contribution in [2.24, 2.45) is 5.92 Å². The van der Waals surface area contributed by atoms with Crippen LogP contribution in [0.2, 0.25) is 0 Å². The zero-order chi connectivity index (χ0) is 13.3. The van der Waals surface area contributed by atoms with Gasteiger partial charge in [-0.1, -0.05) is 6.42 Å². The summed E-state index contributed by atoms with van der Waals surface area (Å²) < 4.78 is 0. The van der Waals surface area contributed by atoms with Crippen molar-refractivity contribution in [2.45, 2.75) is 57.5 Å². The molecule has 5 nitrogen and oxygen atoms in total. The Kier molecular flexibility index (Phi) is 3.50. The van der Waals surface area contributed by atoms with Crippen LogP contribution in [0.4, 0.5) is 4.79 Å². The van der Waals surface area contributed by atoms with Gasteiger partial charge in [0.2, 0.25) is 0 Å². The third-order valence-corrected chi connectivity index (χ3v) is 4.21. The molecule has 0 bridgehead atoms. The van der Waals surface area contributed by atoms with Crippen LogP contribution in [-0.2, 0) is 4.79 Å². The molecule has 1 aliphatic heterocycles. The summed E-state index contributed by atoms with van der Waals surface area (Å²) >= 11 is 0. The van der Waals surface area contributed by atoms with Gasteiger partial charge in [-0.05, 0) is 45.4 Å². The van der Waals surface area contributed by atoms with Crippen LogP contribution in [-0.4, -0.2) is 40.1 Å². The molecular weight excluding hydrogens is 232 g/mol. The summed E-state index contributed by atoms with van der Waals surface area (Å²) in [5, 5.41) is 11.7. The Morgan fingerprint density at radius 1 is 1.22 bits per heavy atom. The monoisotopic (exact) mass is 254 g/mol. The summed E-state index contributed by atoms with van der Waals surface area (Å²) in [5.74, 6) is -0.381. The minimum Gasteiger partial charge on any atom is -0.480 e. The van der Waals surface area contributed by atoms with Crippen LogP contribution in [0.15, 0.2) is 0 Å². The van der Waals surface area contributed by atoms with Gasteiger partial charge in [-0.2, -0.15) is 0 Å². The SMILES string of the molecule is CC(C)(NC(=O)N1CCCC2CCCC21)C(=O)O. The quantitative estimate of drug-likeness (QED) is 0.789. The van der Waals surface area contributed by atoms with Crippen LogP contribution in [0, 0.1) is 5.92 Å². The zero-order valence-corrected chi connectivity index (χ0v) is 11.1. The number of piperidine rings is 1. The van der Waals surface area contributed by atoms with Crippen LogP contribution in [0.5, 0.6) is 0 Å². The molecule has 1 heterocycles. The van der Waals surface area contributed by atoms with Crippen LogP contribution in [0.3, 0.4) is 0 Å². The molecule has 18 heavy (non-hydrogen) atoms. The molecule has 1 aliphatic carbocycles. The van der Waals surface area contributed by atoms with Gasteiger partial charge >= 0.3 is 12.0 Å². The van der Waals surface area contributed by atoms with E-state index in [4.69, 9.17) is 5.11 Å². The molecule has 0 aromatic heterocycles. The Bertz CT molecular complexity index is 354. The fourth-order valence-corrected chi connectivity index (χ4v) is 3.10. The fourth-order valence-electron chi connectivity index (χ4n) is 3.10. The smallest absolute Gasteiger partial charge is 0.328 e. The van der Waals surface area contributed by atoms with E-state index < -0.39 is 11.5 Å². The lowest BCUT2D eigenvalue weighted by Gasteiger charge is -2.39. The lowest BCUT2D eigenvalue weighted by Crippen LogP contribution is -2.58. The number of carbonyl (C=O) groups excluding carboxylic acids is 1. The molecule has 0 spiro atoms. The number of likely N-dealkylation sites (tertiary alicyclic amines) is 1. The van der Waals surface area contributed by atoms with Gasteiger partial charge in [0, 0.05) is 12.6 Å². The third kappa shape index (κ3) is 2.44. The molecule has 2 amide bonds. The molecule has 0 aromatic carbocycles. The molecule has 0 radical (unpaired) electrons. The summed E-state index contributed by atoms with van der Waals surface area (Å²) in [6, 6.07) is 0.0994. The van der Waals surface area contributed by atoms with Crippen molar-refractivity contribution in [1.29, 1.82) is 0 Å². The molecule has 2 N–H and O–H groups in total. The summed E-state index contributed by atoms with van der Waals surface area (Å²) in [5.41, 5.74) is -1.21. The maximum absolute atomic E-state index is 12.2. The van der Waals surface area contributed by atoms with E-state index >= 15 is 0 Å². The molecule has 2 atom stereocenters. The lowest BCUT2D eigenvalue weighted by molar-refractivity contribution is -0.143. The van der Waals surface area contributed by atoms with Crippen LogP contribution < -0.4 is 5.32 Å². The van der Waals surface area contributed by atoms with E-state index in [1.165, 1.54) is 33.1 Å². The van der Waals surface area contributed by atoms with Crippen LogP contribution >= 0.6 is 0 Å². The van der Waals surface area contributed by atoms with Crippen LogP contribution in [0.1, 0.15) is 46.0 Å². The molecule has 5 heteroatoms. The predicted molar refractivity (Wildman–Crippen MR) is 67.3 cm³/mol. The number of carbonyl (C=O) groups is 2. The number of aliphatic carboxylic acids is 1. The zero-order valence-electron chi connectivity index (χ0n) is 11.1. The maximum atomic E-state index is 12.2. The number of hydrogen-bond acceptors (Lipinski definition) is 2. The van der Waals surface area contributed by atoms with Gasteiger partial charge in [-0.15, -0.1) is 0 Å². The average Bonchev–Trinajstić information content (AvgIpc) is 2.75. The number of urea groups is 1. The summed E-state index contributed by atoms with van der Waals surface area (Å²) in [6.07, 6.45) is 5.68. The molecule has 2 unspecified atom stereocenters. The van der Waals surface area contributed by atoms with Gasteiger partial charge in [0.05, 0.1) is 0 Å². The minimum atomic E-state index is -1.21. The number of rotatable bonds is 2. The van der Waals surface area contributed by atoms with Gasteiger partial charge in [-0.25, -0.2) is 9.59 Å². The minimum absolute atomic E-state index is 0.223. The number of hydrogen-bond donors (Lipinski definition) is 2. The molecule has 2 aliphatic rings. The van der Waals surface area contributed by atoms with Crippen molar-refractivity contribution in [3.8, 4) is 0 Å². The Morgan fingerprint density at radius 2 is 1.89 bits per heavy atom. The lowest BCUT2D eigenvalue weighted by atomic mass is 9.92. The molecule has 1 saturated heterocycles. The first-order valence-electron chi connectivity index (χ1n) is 6.74. The third-order valence-electron chi connectivity index (χ3n) is 4.21. The second-order valence-electron chi connectivity index (χ2n) is 5.95. The first-order chi connectivity index (χ1) is 8.42. The Balaban J connectivity index is 2.02. The number of carboxylic acids is 1. The molecule has 2 fully saturated rings. The highest BCUT2D eigenvalue weighted by molar-refractivity contribution is 5.85. The van der Waals surface area contributed by atoms with E-state index in [1.807, 2.05) is 4.90 Å². The summed E-state index contributed by atoms with van der Waals surface area (Å²) in [4.78, 5) is 25.1. The fraction of sp³-hybridized carbons (Fsp3) is 0.846. The van der Waals surface area contributed by atoms with Crippen molar-refractivity contribution < 1.29 is 14.7 Å². The van der Waals surface area contributed by atoms with Crippen molar-refractivity contribution in [3.63, 3.8) is 0 Å². The van der Waals surface area contributed by atoms with Crippen molar-refractivity contribution in [2.75, 3.05) is 6.54 Å². The standard InChI is InChI=1S/C13H22N2O3/c1-13(2,11(16)17)14-12(18)15-8-4-6-9-5-3-7-10(9)15/h9-10H,3-8H2,1-2H3,(H,14,18)(H,16,17). The van der Waals surface area contributed by atoms with Gasteiger partial charge in [0.25, 0.3) is 0 Å². The van der Waals surface area contributed by atoms with Gasteiger partial charge in [0.15, 0.2) is 0 Å². The van der Waals surface area contributed by atoms with Crippen molar-refractivity contribution >= 4 is 12.0 Å². The molecule has 1 saturated carbocycles. The highest BCUT2D eigenvalue weighted by atomic mass is 16.4. The second kappa shape index (κ2) is 4.78. The van der Waals surface area contributed by atoms with Gasteiger partial charge in [0.1, 0.15) is 5.54 Å². The predicted octanol–water partition coefficient (Wildman–Crippen LogP) is 1.82. The van der Waals surface area contributed by atoms with Crippen molar-refractivity contribution in [3.05, 3.63) is 0 Å². The number of nitrogens with one attached hydrogen (secondary N) is 1. The summed E-state index contributed by atoms with van der Waals surface area (Å²) in [7, 11) is 0. The highest BCUT2D eigenvalue weighted by Crippen LogP contribution is 2.36. The first kappa shape index (κ1) is 13.2. The number of carboxylic acid groups (broad SMARTS) is 1. The number of nitrogens with zero attached hydrogens (tertiary/aromatic N) is 1. The largest absolute Gasteiger partial charge is 0.480 e. The maximum Gasteiger partial charge on any atom is 0.328 e. The molecule has 2 rings (SSSR count). The topological polar surface area (TPSA) is 69.6 Å². The van der Waals surface area contributed by atoms with Crippen LogP contribution in [0.25, 0.3) is 0 Å². The van der Waals surface area contributed by atoms with Gasteiger partial charge in [-0.3, -0.25) is 0 Å². The first-order valence-corrected chi connectivity index (χ1v) is 6.74. The average molecular weight is 254 g/mol. The van der Waals surface area contributed by atoms with E-state index in [-0.39, 0.29) is 6.03 Å². The van der Waals surface area contributed by atoms with E-state index in [2.05, 4.69) is 5.32 Å². The number of fused-ring (bicyclic) bond motifs is 1. The molecule has 102 valence electrons. The van der Waals surface area contributed by atoms with Crippen molar-refractivity contribution in [1.82, 2.24) is 10.2 Å². The number of amides is 2. The Labute approximate surface area is 108 Å². The molecular formula is C13H22N2O3. The van der Waals surface area contributed by atoms with E-state index in [0.29, 0.717) is 12.0 Å². The Morgan fingerprint density at radius 3 is 2.56 bits per heavy atom. The Hall–Kier alpha value is -1.26. The van der Waals surface area contributed by atoms with Gasteiger partial charge < -0.3 is 15.3 Å². The normalized spacial score (nSPS) is 27.8. The van der Waals surface area contributed by atoms with E-state index in [0.717, 1.165) is 19.4 Å². The van der Waals surface area contributed by atoms with E-state index in [9.17, 15) is 9.59 Å². The highest BCUT2D eigenvalue weighted by Gasteiger charge is 2.39. The second-order valence-corrected chi connectivity index (χ2v) is 5.95. The van der Waals surface area contributed by atoms with E-state index in [1.54, 1.807) is 0 Å².